The average molecular weight is 310 g/mol. The molecule has 2 aromatic rings. The van der Waals surface area contributed by atoms with Gasteiger partial charge in [-0.15, -0.1) is 0 Å². The zero-order chi connectivity index (χ0) is 17.5. The summed E-state index contributed by atoms with van der Waals surface area (Å²) < 4.78 is 0. The lowest BCUT2D eigenvalue weighted by Gasteiger charge is -2.27. The van der Waals surface area contributed by atoms with Crippen LogP contribution in [-0.2, 0) is 16.4 Å². The van der Waals surface area contributed by atoms with Crippen LogP contribution in [0.25, 0.3) is 0 Å². The Hall–Kier alpha value is -1.60. The standard InChI is InChI=1S/C22H30O/c1-20(2,3)16-8-12-18(13-9-16)22(7,23)19-14-10-17(11-15-19)21(4,5)6/h8-15,23H,1-7H3. The molecule has 23 heavy (non-hydrogen) atoms. The summed E-state index contributed by atoms with van der Waals surface area (Å²) >= 11 is 0. The number of hydrogen-bond donors (Lipinski definition) is 1. The second-order valence-corrected chi connectivity index (χ2v) is 8.73. The van der Waals surface area contributed by atoms with E-state index in [1.54, 1.807) is 0 Å². The van der Waals surface area contributed by atoms with E-state index in [2.05, 4.69) is 65.8 Å². The van der Waals surface area contributed by atoms with Gasteiger partial charge < -0.3 is 5.11 Å². The van der Waals surface area contributed by atoms with Crippen molar-refractivity contribution in [2.45, 2.75) is 64.9 Å². The Labute approximate surface area is 141 Å². The fourth-order valence-electron chi connectivity index (χ4n) is 2.76. The normalized spacial score (nSPS) is 13.2. The highest BCUT2D eigenvalue weighted by molar-refractivity contribution is 5.39. The SMILES string of the molecule is CC(C)(C)c1ccc(C(C)(O)c2ccc(C(C)(C)C)cc2)cc1. The van der Waals surface area contributed by atoms with E-state index in [-0.39, 0.29) is 10.8 Å². The van der Waals surface area contributed by atoms with Gasteiger partial charge in [-0.3, -0.25) is 0 Å². The fraction of sp³-hybridized carbons (Fsp3) is 0.455. The predicted molar refractivity (Wildman–Crippen MR) is 99.0 cm³/mol. The van der Waals surface area contributed by atoms with Crippen LogP contribution in [0.1, 0.15) is 70.7 Å². The minimum absolute atomic E-state index is 0.124. The monoisotopic (exact) mass is 310 g/mol. The van der Waals surface area contributed by atoms with Crippen molar-refractivity contribution in [3.05, 3.63) is 70.8 Å². The second-order valence-electron chi connectivity index (χ2n) is 8.73. The van der Waals surface area contributed by atoms with Crippen LogP contribution < -0.4 is 0 Å². The largest absolute Gasteiger partial charge is 0.381 e. The van der Waals surface area contributed by atoms with Crippen LogP contribution in [0.2, 0.25) is 0 Å². The third-order valence-corrected chi connectivity index (χ3v) is 4.63. The van der Waals surface area contributed by atoms with Crippen LogP contribution in [0.5, 0.6) is 0 Å². The van der Waals surface area contributed by atoms with Gasteiger partial charge in [0.1, 0.15) is 5.60 Å². The molecule has 0 bridgehead atoms. The summed E-state index contributed by atoms with van der Waals surface area (Å²) in [6.45, 7) is 15.1. The number of rotatable bonds is 2. The molecule has 0 fully saturated rings. The molecule has 1 nitrogen and oxygen atoms in total. The summed E-state index contributed by atoms with van der Waals surface area (Å²) in [5.74, 6) is 0. The van der Waals surface area contributed by atoms with Gasteiger partial charge in [0.25, 0.3) is 0 Å². The Morgan fingerprint density at radius 3 is 0.913 bits per heavy atom. The molecule has 0 heterocycles. The van der Waals surface area contributed by atoms with Crippen molar-refractivity contribution < 1.29 is 5.11 Å². The molecule has 124 valence electrons. The molecule has 0 radical (unpaired) electrons. The third-order valence-electron chi connectivity index (χ3n) is 4.63. The molecule has 2 rings (SSSR count). The van der Waals surface area contributed by atoms with Gasteiger partial charge in [0, 0.05) is 0 Å². The van der Waals surface area contributed by atoms with Crippen LogP contribution >= 0.6 is 0 Å². The highest BCUT2D eigenvalue weighted by atomic mass is 16.3. The van der Waals surface area contributed by atoms with Gasteiger partial charge in [0.2, 0.25) is 0 Å². The molecule has 0 atom stereocenters. The maximum atomic E-state index is 11.0. The van der Waals surface area contributed by atoms with Crippen LogP contribution in [0.3, 0.4) is 0 Å². The van der Waals surface area contributed by atoms with E-state index in [4.69, 9.17) is 0 Å². The Kier molecular flexibility index (Phi) is 4.47. The Bertz CT molecular complexity index is 588. The van der Waals surface area contributed by atoms with E-state index in [0.29, 0.717) is 0 Å². The van der Waals surface area contributed by atoms with E-state index < -0.39 is 5.60 Å². The van der Waals surface area contributed by atoms with Crippen molar-refractivity contribution in [3.63, 3.8) is 0 Å². The summed E-state index contributed by atoms with van der Waals surface area (Å²) in [7, 11) is 0. The lowest BCUT2D eigenvalue weighted by molar-refractivity contribution is 0.102. The summed E-state index contributed by atoms with van der Waals surface area (Å²) in [6, 6.07) is 16.6. The highest BCUT2D eigenvalue weighted by Gasteiger charge is 2.26. The minimum atomic E-state index is -0.979. The van der Waals surface area contributed by atoms with Gasteiger partial charge in [-0.05, 0) is 40.0 Å². The number of benzene rings is 2. The molecule has 1 heteroatoms. The predicted octanol–water partition coefficient (Wildman–Crippen LogP) is 5.54. The van der Waals surface area contributed by atoms with E-state index in [0.717, 1.165) is 11.1 Å². The summed E-state index contributed by atoms with van der Waals surface area (Å²) in [4.78, 5) is 0. The quantitative estimate of drug-likeness (QED) is 0.772. The summed E-state index contributed by atoms with van der Waals surface area (Å²) in [5.41, 5.74) is 3.67. The van der Waals surface area contributed by atoms with Crippen LogP contribution in [0.4, 0.5) is 0 Å². The van der Waals surface area contributed by atoms with Crippen molar-refractivity contribution in [1.29, 1.82) is 0 Å². The zero-order valence-electron chi connectivity index (χ0n) is 15.6. The Morgan fingerprint density at radius 1 is 0.478 bits per heavy atom. The lowest BCUT2D eigenvalue weighted by atomic mass is 9.81. The van der Waals surface area contributed by atoms with Crippen molar-refractivity contribution in [2.24, 2.45) is 0 Å². The van der Waals surface area contributed by atoms with Crippen LogP contribution in [-0.4, -0.2) is 5.11 Å². The van der Waals surface area contributed by atoms with Crippen molar-refractivity contribution in [1.82, 2.24) is 0 Å². The van der Waals surface area contributed by atoms with E-state index >= 15 is 0 Å². The van der Waals surface area contributed by atoms with Crippen LogP contribution in [0.15, 0.2) is 48.5 Å². The molecule has 2 aromatic carbocycles. The molecule has 0 saturated heterocycles. The molecule has 0 spiro atoms. The Morgan fingerprint density at radius 2 is 0.696 bits per heavy atom. The molecule has 0 saturated carbocycles. The average Bonchev–Trinajstić information content (AvgIpc) is 2.46. The first-order valence-corrected chi connectivity index (χ1v) is 8.37. The van der Waals surface area contributed by atoms with E-state index in [1.165, 1.54) is 11.1 Å². The lowest BCUT2D eigenvalue weighted by Crippen LogP contribution is -2.23. The van der Waals surface area contributed by atoms with Gasteiger partial charge >= 0.3 is 0 Å². The number of aliphatic hydroxyl groups is 1. The van der Waals surface area contributed by atoms with Crippen molar-refractivity contribution >= 4 is 0 Å². The smallest absolute Gasteiger partial charge is 0.112 e. The van der Waals surface area contributed by atoms with Gasteiger partial charge in [-0.25, -0.2) is 0 Å². The maximum Gasteiger partial charge on any atom is 0.112 e. The first kappa shape index (κ1) is 17.7. The van der Waals surface area contributed by atoms with Gasteiger partial charge in [-0.1, -0.05) is 90.1 Å². The molecule has 0 aliphatic carbocycles. The number of hydrogen-bond acceptors (Lipinski definition) is 1. The molecular weight excluding hydrogens is 280 g/mol. The minimum Gasteiger partial charge on any atom is -0.381 e. The molecular formula is C22H30O. The molecule has 0 aliphatic rings. The van der Waals surface area contributed by atoms with E-state index in [1.807, 2.05) is 31.2 Å². The molecule has 0 unspecified atom stereocenters. The maximum absolute atomic E-state index is 11.0. The molecule has 0 aromatic heterocycles. The molecule has 0 aliphatic heterocycles. The fourth-order valence-corrected chi connectivity index (χ4v) is 2.76. The summed E-state index contributed by atoms with van der Waals surface area (Å²) in [6.07, 6.45) is 0. The zero-order valence-corrected chi connectivity index (χ0v) is 15.6. The summed E-state index contributed by atoms with van der Waals surface area (Å²) in [5, 5.41) is 11.0. The Balaban J connectivity index is 2.34. The van der Waals surface area contributed by atoms with Crippen molar-refractivity contribution in [3.8, 4) is 0 Å². The van der Waals surface area contributed by atoms with Gasteiger partial charge in [0.05, 0.1) is 0 Å². The van der Waals surface area contributed by atoms with Crippen LogP contribution in [0, 0.1) is 0 Å². The molecule has 1 N–H and O–H groups in total. The van der Waals surface area contributed by atoms with Gasteiger partial charge in [0.15, 0.2) is 0 Å². The van der Waals surface area contributed by atoms with Crippen molar-refractivity contribution in [2.75, 3.05) is 0 Å². The van der Waals surface area contributed by atoms with Gasteiger partial charge in [-0.2, -0.15) is 0 Å². The topological polar surface area (TPSA) is 20.2 Å². The first-order chi connectivity index (χ1) is 10.4. The van der Waals surface area contributed by atoms with E-state index in [9.17, 15) is 5.11 Å². The molecule has 0 amide bonds. The second kappa shape index (κ2) is 5.79. The highest BCUT2D eigenvalue weighted by Crippen LogP contribution is 2.32. The third kappa shape index (κ3) is 3.84. The first-order valence-electron chi connectivity index (χ1n) is 8.37.